The van der Waals surface area contributed by atoms with E-state index in [1.165, 1.54) is 5.01 Å². The van der Waals surface area contributed by atoms with E-state index in [9.17, 15) is 19.8 Å². The summed E-state index contributed by atoms with van der Waals surface area (Å²) in [6.07, 6.45) is 0. The minimum atomic E-state index is -1.33. The summed E-state index contributed by atoms with van der Waals surface area (Å²) >= 11 is 0. The van der Waals surface area contributed by atoms with Gasteiger partial charge < -0.3 is 10.2 Å². The Balaban J connectivity index is 2.55. The number of aromatic carboxylic acids is 1. The zero-order chi connectivity index (χ0) is 20.7. The zero-order valence-corrected chi connectivity index (χ0v) is 16.2. The van der Waals surface area contributed by atoms with Crippen LogP contribution in [0, 0.1) is 0 Å². The van der Waals surface area contributed by atoms with Gasteiger partial charge >= 0.3 is 5.97 Å². The van der Waals surface area contributed by atoms with Crippen molar-refractivity contribution < 1.29 is 19.8 Å². The van der Waals surface area contributed by atoms with Crippen molar-refractivity contribution in [2.24, 2.45) is 10.2 Å². The van der Waals surface area contributed by atoms with Crippen LogP contribution in [0.1, 0.15) is 41.5 Å². The third-order valence-corrected chi connectivity index (χ3v) is 4.21. The number of hydrogen-bond donors (Lipinski definition) is 2. The molecule has 0 aliphatic carbocycles. The molecule has 0 saturated carbocycles. The van der Waals surface area contributed by atoms with Gasteiger partial charge in [0.15, 0.2) is 0 Å². The second-order valence-electron chi connectivity index (χ2n) is 5.89. The number of aromatic hydroxyl groups is 1. The van der Waals surface area contributed by atoms with Gasteiger partial charge in [-0.15, -0.1) is 5.11 Å². The molecule has 0 radical (unpaired) electrons. The van der Waals surface area contributed by atoms with Crippen molar-refractivity contribution >= 4 is 23.3 Å². The molecule has 0 saturated heterocycles. The fourth-order valence-corrected chi connectivity index (χ4v) is 2.78. The number of amides is 1. The lowest BCUT2D eigenvalue weighted by molar-refractivity contribution is -0.00107. The van der Waals surface area contributed by atoms with Gasteiger partial charge in [0.25, 0.3) is 5.91 Å². The van der Waals surface area contributed by atoms with Crippen LogP contribution in [0.2, 0.25) is 0 Å². The number of carbonyl (C=O) groups excluding carboxylic acids is 1. The van der Waals surface area contributed by atoms with Crippen molar-refractivity contribution in [3.8, 4) is 5.75 Å². The first-order chi connectivity index (χ1) is 13.4. The van der Waals surface area contributed by atoms with E-state index in [0.29, 0.717) is 25.3 Å². The van der Waals surface area contributed by atoms with Crippen molar-refractivity contribution in [3.05, 3.63) is 53.6 Å². The Morgan fingerprint density at radius 1 is 0.929 bits per heavy atom. The summed E-state index contributed by atoms with van der Waals surface area (Å²) in [6.45, 7) is 7.31. The SMILES string of the molecule is CCN(CC)N(CC)C(=O)c1cc(C(=O)O)c(O)cc1N=Nc1ccccc1. The average Bonchev–Trinajstić information content (AvgIpc) is 2.70. The molecule has 0 aromatic heterocycles. The minimum absolute atomic E-state index is 0.0589. The molecule has 0 bridgehead atoms. The Hall–Kier alpha value is -3.26. The third kappa shape index (κ3) is 4.72. The predicted molar refractivity (Wildman–Crippen MR) is 105 cm³/mol. The number of carboxylic acids is 1. The number of carbonyl (C=O) groups is 2. The minimum Gasteiger partial charge on any atom is -0.507 e. The zero-order valence-electron chi connectivity index (χ0n) is 16.2. The summed E-state index contributed by atoms with van der Waals surface area (Å²) in [5.74, 6) is -2.21. The highest BCUT2D eigenvalue weighted by atomic mass is 16.4. The number of nitrogens with zero attached hydrogens (tertiary/aromatic N) is 4. The molecule has 8 nitrogen and oxygen atoms in total. The molecule has 2 rings (SSSR count). The Bertz CT molecular complexity index is 864. The highest BCUT2D eigenvalue weighted by Gasteiger charge is 2.25. The molecular formula is C20H24N4O4. The fraction of sp³-hybridized carbons (Fsp3) is 0.300. The lowest BCUT2D eigenvalue weighted by Gasteiger charge is -2.32. The fourth-order valence-electron chi connectivity index (χ4n) is 2.78. The van der Waals surface area contributed by atoms with Crippen LogP contribution in [-0.2, 0) is 0 Å². The van der Waals surface area contributed by atoms with Gasteiger partial charge in [-0.2, -0.15) is 5.11 Å². The van der Waals surface area contributed by atoms with Gasteiger partial charge in [-0.05, 0) is 25.1 Å². The summed E-state index contributed by atoms with van der Waals surface area (Å²) in [5, 5.41) is 30.9. The van der Waals surface area contributed by atoms with Crippen LogP contribution in [0.3, 0.4) is 0 Å². The number of phenols is 1. The van der Waals surface area contributed by atoms with Crippen LogP contribution in [0.5, 0.6) is 5.75 Å². The van der Waals surface area contributed by atoms with E-state index in [4.69, 9.17) is 0 Å². The standard InChI is InChI=1S/C20H24N4O4/c1-4-23(5-2)24(6-3)19(26)15-12-16(20(27)28)18(25)13-17(15)22-21-14-10-8-7-9-11-14/h7-13,25H,4-6H2,1-3H3,(H,27,28). The van der Waals surface area contributed by atoms with E-state index < -0.39 is 17.6 Å². The van der Waals surface area contributed by atoms with Gasteiger partial charge in [-0.3, -0.25) is 9.80 Å². The van der Waals surface area contributed by atoms with Gasteiger partial charge in [0.05, 0.1) is 11.3 Å². The summed E-state index contributed by atoms with van der Waals surface area (Å²) in [4.78, 5) is 24.6. The van der Waals surface area contributed by atoms with Crippen LogP contribution in [0.4, 0.5) is 11.4 Å². The smallest absolute Gasteiger partial charge is 0.339 e. The largest absolute Gasteiger partial charge is 0.507 e. The van der Waals surface area contributed by atoms with Crippen molar-refractivity contribution in [3.63, 3.8) is 0 Å². The third-order valence-electron chi connectivity index (χ3n) is 4.21. The van der Waals surface area contributed by atoms with Crippen molar-refractivity contribution in [1.82, 2.24) is 10.0 Å². The Morgan fingerprint density at radius 3 is 2.11 bits per heavy atom. The molecule has 0 aliphatic rings. The first-order valence-electron chi connectivity index (χ1n) is 9.06. The van der Waals surface area contributed by atoms with E-state index >= 15 is 0 Å². The van der Waals surface area contributed by atoms with E-state index in [2.05, 4.69) is 10.2 Å². The van der Waals surface area contributed by atoms with Crippen molar-refractivity contribution in [2.45, 2.75) is 20.8 Å². The van der Waals surface area contributed by atoms with Crippen LogP contribution in [-0.4, -0.2) is 51.7 Å². The molecule has 0 unspecified atom stereocenters. The highest BCUT2D eigenvalue weighted by Crippen LogP contribution is 2.31. The maximum absolute atomic E-state index is 13.2. The first kappa shape index (κ1) is 21.0. The van der Waals surface area contributed by atoms with Gasteiger partial charge in [0.1, 0.15) is 17.0 Å². The molecule has 2 aromatic rings. The van der Waals surface area contributed by atoms with E-state index in [0.717, 1.165) is 12.1 Å². The number of benzene rings is 2. The normalized spacial score (nSPS) is 11.1. The molecule has 0 fully saturated rings. The van der Waals surface area contributed by atoms with Gasteiger partial charge in [-0.25, -0.2) is 9.80 Å². The molecule has 0 spiro atoms. The molecule has 2 N–H and O–H groups in total. The van der Waals surface area contributed by atoms with Crippen LogP contribution < -0.4 is 0 Å². The number of rotatable bonds is 8. The number of hydrazine groups is 1. The Morgan fingerprint density at radius 2 is 1.57 bits per heavy atom. The average molecular weight is 384 g/mol. The predicted octanol–water partition coefficient (Wildman–Crippen LogP) is 4.22. The molecule has 8 heteroatoms. The van der Waals surface area contributed by atoms with Gasteiger partial charge in [0, 0.05) is 25.7 Å². The second-order valence-corrected chi connectivity index (χ2v) is 5.89. The summed E-state index contributed by atoms with van der Waals surface area (Å²) < 4.78 is 0. The Kier molecular flexibility index (Phi) is 7.22. The maximum Gasteiger partial charge on any atom is 0.339 e. The molecule has 0 heterocycles. The molecular weight excluding hydrogens is 360 g/mol. The lowest BCUT2D eigenvalue weighted by atomic mass is 10.1. The van der Waals surface area contributed by atoms with Crippen LogP contribution in [0.25, 0.3) is 0 Å². The van der Waals surface area contributed by atoms with Crippen molar-refractivity contribution in [2.75, 3.05) is 19.6 Å². The second kappa shape index (κ2) is 9.61. The highest BCUT2D eigenvalue weighted by molar-refractivity contribution is 6.02. The van der Waals surface area contributed by atoms with Crippen LogP contribution >= 0.6 is 0 Å². The van der Waals surface area contributed by atoms with Gasteiger partial charge in [0.2, 0.25) is 0 Å². The van der Waals surface area contributed by atoms with Gasteiger partial charge in [-0.1, -0.05) is 32.0 Å². The molecule has 1 amide bonds. The molecule has 2 aromatic carbocycles. The monoisotopic (exact) mass is 384 g/mol. The Labute approximate surface area is 163 Å². The number of azo groups is 1. The van der Waals surface area contributed by atoms with E-state index in [1.54, 1.807) is 24.3 Å². The van der Waals surface area contributed by atoms with Crippen LogP contribution in [0.15, 0.2) is 52.7 Å². The topological polar surface area (TPSA) is 106 Å². The number of carboxylic acid groups (broad SMARTS) is 1. The first-order valence-corrected chi connectivity index (χ1v) is 9.06. The summed E-state index contributed by atoms with van der Waals surface area (Å²) in [7, 11) is 0. The van der Waals surface area contributed by atoms with E-state index in [1.807, 2.05) is 31.8 Å². The number of hydrogen-bond acceptors (Lipinski definition) is 6. The van der Waals surface area contributed by atoms with Crippen molar-refractivity contribution in [1.29, 1.82) is 0 Å². The molecule has 0 atom stereocenters. The molecule has 0 aliphatic heterocycles. The summed E-state index contributed by atoms with van der Waals surface area (Å²) in [6, 6.07) is 11.2. The van der Waals surface area contributed by atoms with E-state index in [-0.39, 0.29) is 16.8 Å². The lowest BCUT2D eigenvalue weighted by Crippen LogP contribution is -2.46. The quantitative estimate of drug-likeness (QED) is 0.523. The molecule has 28 heavy (non-hydrogen) atoms. The molecule has 148 valence electrons. The summed E-state index contributed by atoms with van der Waals surface area (Å²) in [5.41, 5.74) is 0.363. The maximum atomic E-state index is 13.2.